The van der Waals surface area contributed by atoms with E-state index >= 15 is 0 Å². The standard InChI is InChI=1S/C13H28N2O/c1-13(2)6-4-9-15(12-13)10-8-14-7-5-11-16-3/h14H,4-12H2,1-3H3. The molecule has 1 aliphatic rings. The van der Waals surface area contributed by atoms with Crippen molar-refractivity contribution in [2.24, 2.45) is 5.41 Å². The molecule has 0 aromatic carbocycles. The van der Waals surface area contributed by atoms with Crippen LogP contribution in [0, 0.1) is 5.41 Å². The zero-order chi connectivity index (χ0) is 11.9. The lowest BCUT2D eigenvalue weighted by molar-refractivity contribution is 0.118. The smallest absolute Gasteiger partial charge is 0.0474 e. The molecule has 0 spiro atoms. The van der Waals surface area contributed by atoms with Crippen LogP contribution < -0.4 is 5.32 Å². The zero-order valence-electron chi connectivity index (χ0n) is 11.2. The summed E-state index contributed by atoms with van der Waals surface area (Å²) in [5.74, 6) is 0. The van der Waals surface area contributed by atoms with Crippen LogP contribution in [0.3, 0.4) is 0 Å². The van der Waals surface area contributed by atoms with Crippen LogP contribution in [0.1, 0.15) is 33.1 Å². The van der Waals surface area contributed by atoms with Crippen molar-refractivity contribution in [2.75, 3.05) is 46.4 Å². The van der Waals surface area contributed by atoms with E-state index in [0.29, 0.717) is 5.41 Å². The Morgan fingerprint density at radius 3 is 2.81 bits per heavy atom. The van der Waals surface area contributed by atoms with Gasteiger partial charge in [-0.15, -0.1) is 0 Å². The molecular formula is C13H28N2O. The van der Waals surface area contributed by atoms with Crippen molar-refractivity contribution < 1.29 is 4.74 Å². The Morgan fingerprint density at radius 1 is 1.31 bits per heavy atom. The van der Waals surface area contributed by atoms with Crippen molar-refractivity contribution in [3.8, 4) is 0 Å². The molecule has 0 atom stereocenters. The van der Waals surface area contributed by atoms with Gasteiger partial charge in [0.05, 0.1) is 0 Å². The molecule has 0 radical (unpaired) electrons. The van der Waals surface area contributed by atoms with Gasteiger partial charge in [-0.3, -0.25) is 0 Å². The predicted molar refractivity (Wildman–Crippen MR) is 68.8 cm³/mol. The molecule has 1 saturated heterocycles. The van der Waals surface area contributed by atoms with Crippen LogP contribution >= 0.6 is 0 Å². The molecule has 0 aliphatic carbocycles. The van der Waals surface area contributed by atoms with Crippen molar-refractivity contribution in [3.63, 3.8) is 0 Å². The van der Waals surface area contributed by atoms with Crippen molar-refractivity contribution in [1.29, 1.82) is 0 Å². The van der Waals surface area contributed by atoms with Crippen molar-refractivity contribution in [1.82, 2.24) is 10.2 Å². The van der Waals surface area contributed by atoms with Crippen LogP contribution in [-0.2, 0) is 4.74 Å². The van der Waals surface area contributed by atoms with Crippen LogP contribution in [0.4, 0.5) is 0 Å². The maximum absolute atomic E-state index is 5.02. The molecule has 1 rings (SSSR count). The molecule has 0 aromatic rings. The van der Waals surface area contributed by atoms with Gasteiger partial charge in [-0.1, -0.05) is 13.8 Å². The summed E-state index contributed by atoms with van der Waals surface area (Å²) in [6, 6.07) is 0. The SMILES string of the molecule is COCCCNCCN1CCCC(C)(C)C1. The first-order valence-electron chi connectivity index (χ1n) is 6.56. The fourth-order valence-electron chi connectivity index (χ4n) is 2.44. The highest BCUT2D eigenvalue weighted by Gasteiger charge is 2.25. The van der Waals surface area contributed by atoms with E-state index in [2.05, 4.69) is 24.1 Å². The summed E-state index contributed by atoms with van der Waals surface area (Å²) in [6.07, 6.45) is 3.85. The van der Waals surface area contributed by atoms with Crippen molar-refractivity contribution in [2.45, 2.75) is 33.1 Å². The average Bonchev–Trinajstić information content (AvgIpc) is 2.22. The summed E-state index contributed by atoms with van der Waals surface area (Å²) in [6.45, 7) is 11.5. The first-order valence-corrected chi connectivity index (χ1v) is 6.56. The Hall–Kier alpha value is -0.120. The minimum absolute atomic E-state index is 0.522. The molecule has 1 fully saturated rings. The van der Waals surface area contributed by atoms with Crippen molar-refractivity contribution in [3.05, 3.63) is 0 Å². The number of likely N-dealkylation sites (tertiary alicyclic amines) is 1. The Kier molecular flexibility index (Phi) is 6.32. The van der Waals surface area contributed by atoms with E-state index < -0.39 is 0 Å². The quantitative estimate of drug-likeness (QED) is 0.672. The number of nitrogens with one attached hydrogen (secondary N) is 1. The van der Waals surface area contributed by atoms with E-state index in [0.717, 1.165) is 26.1 Å². The number of rotatable bonds is 7. The van der Waals surface area contributed by atoms with Gasteiger partial charge in [0.1, 0.15) is 0 Å². The van der Waals surface area contributed by atoms with E-state index in [1.165, 1.54) is 32.5 Å². The molecule has 1 aliphatic heterocycles. The maximum atomic E-state index is 5.02. The second-order valence-electron chi connectivity index (χ2n) is 5.64. The Labute approximate surface area is 101 Å². The van der Waals surface area contributed by atoms with Gasteiger partial charge < -0.3 is 15.0 Å². The average molecular weight is 228 g/mol. The Bertz CT molecular complexity index is 183. The Morgan fingerprint density at radius 2 is 2.12 bits per heavy atom. The molecule has 0 saturated carbocycles. The maximum Gasteiger partial charge on any atom is 0.0474 e. The van der Waals surface area contributed by atoms with Gasteiger partial charge in [0.25, 0.3) is 0 Å². The molecule has 3 heteroatoms. The molecule has 16 heavy (non-hydrogen) atoms. The molecule has 0 unspecified atom stereocenters. The monoisotopic (exact) mass is 228 g/mol. The van der Waals surface area contributed by atoms with Crippen LogP contribution in [0.25, 0.3) is 0 Å². The Balaban J connectivity index is 2.00. The van der Waals surface area contributed by atoms with Gasteiger partial charge in [-0.25, -0.2) is 0 Å². The number of nitrogens with zero attached hydrogens (tertiary/aromatic N) is 1. The largest absolute Gasteiger partial charge is 0.385 e. The summed E-state index contributed by atoms with van der Waals surface area (Å²) >= 11 is 0. The summed E-state index contributed by atoms with van der Waals surface area (Å²) < 4.78 is 5.02. The van der Waals surface area contributed by atoms with Gasteiger partial charge in [0.2, 0.25) is 0 Å². The molecule has 3 nitrogen and oxygen atoms in total. The minimum Gasteiger partial charge on any atom is -0.385 e. The van der Waals surface area contributed by atoms with Crippen LogP contribution in [0.15, 0.2) is 0 Å². The molecule has 0 aromatic heterocycles. The number of hydrogen-bond donors (Lipinski definition) is 1. The van der Waals surface area contributed by atoms with E-state index in [4.69, 9.17) is 4.74 Å². The molecule has 0 amide bonds. The molecule has 0 bridgehead atoms. The fourth-order valence-corrected chi connectivity index (χ4v) is 2.44. The predicted octanol–water partition coefficient (Wildman–Crippen LogP) is 1.73. The molecule has 96 valence electrons. The van der Waals surface area contributed by atoms with E-state index in [1.54, 1.807) is 7.11 Å². The fraction of sp³-hybridized carbons (Fsp3) is 1.00. The van der Waals surface area contributed by atoms with Gasteiger partial charge in [0.15, 0.2) is 0 Å². The molecule has 1 N–H and O–H groups in total. The first kappa shape index (κ1) is 13.9. The van der Waals surface area contributed by atoms with E-state index in [1.807, 2.05) is 0 Å². The summed E-state index contributed by atoms with van der Waals surface area (Å²) in [5.41, 5.74) is 0.522. The van der Waals surface area contributed by atoms with Gasteiger partial charge in [0, 0.05) is 33.4 Å². The van der Waals surface area contributed by atoms with E-state index in [-0.39, 0.29) is 0 Å². The van der Waals surface area contributed by atoms with Crippen LogP contribution in [0.2, 0.25) is 0 Å². The number of methoxy groups -OCH3 is 1. The van der Waals surface area contributed by atoms with E-state index in [9.17, 15) is 0 Å². The highest BCUT2D eigenvalue weighted by Crippen LogP contribution is 2.27. The van der Waals surface area contributed by atoms with Gasteiger partial charge in [-0.2, -0.15) is 0 Å². The second kappa shape index (κ2) is 7.25. The van der Waals surface area contributed by atoms with Crippen molar-refractivity contribution >= 4 is 0 Å². The van der Waals surface area contributed by atoms with Crippen LogP contribution in [0.5, 0.6) is 0 Å². The highest BCUT2D eigenvalue weighted by atomic mass is 16.5. The van der Waals surface area contributed by atoms with Gasteiger partial charge >= 0.3 is 0 Å². The lowest BCUT2D eigenvalue weighted by Crippen LogP contribution is -2.43. The molecular weight excluding hydrogens is 200 g/mol. The first-order chi connectivity index (χ1) is 7.64. The third-order valence-electron chi connectivity index (χ3n) is 3.29. The lowest BCUT2D eigenvalue weighted by Gasteiger charge is -2.38. The lowest BCUT2D eigenvalue weighted by atomic mass is 9.84. The highest BCUT2D eigenvalue weighted by molar-refractivity contribution is 4.79. The normalized spacial score (nSPS) is 21.2. The van der Waals surface area contributed by atoms with Crippen LogP contribution in [-0.4, -0.2) is 51.3 Å². The third kappa shape index (κ3) is 5.83. The van der Waals surface area contributed by atoms with Gasteiger partial charge in [-0.05, 0) is 37.8 Å². The zero-order valence-corrected chi connectivity index (χ0v) is 11.2. The summed E-state index contributed by atoms with van der Waals surface area (Å²) in [7, 11) is 1.76. The number of hydrogen-bond acceptors (Lipinski definition) is 3. The molecule has 1 heterocycles. The second-order valence-corrected chi connectivity index (χ2v) is 5.64. The summed E-state index contributed by atoms with van der Waals surface area (Å²) in [5, 5.41) is 3.47. The third-order valence-corrected chi connectivity index (χ3v) is 3.29. The number of piperidine rings is 1. The number of ether oxygens (including phenoxy) is 1. The summed E-state index contributed by atoms with van der Waals surface area (Å²) in [4.78, 5) is 2.59. The minimum atomic E-state index is 0.522. The topological polar surface area (TPSA) is 24.5 Å².